The van der Waals surface area contributed by atoms with E-state index in [0.29, 0.717) is 29.1 Å². The molecule has 0 radical (unpaired) electrons. The van der Waals surface area contributed by atoms with Crippen LogP contribution >= 0.6 is 0 Å². The number of carbonyl (C=O) groups excluding carboxylic acids is 1. The molecule has 35 heavy (non-hydrogen) atoms. The number of aryl methyl sites for hydroxylation is 1. The highest BCUT2D eigenvalue weighted by atomic mass is 16.5. The third-order valence-electron chi connectivity index (χ3n) is 5.53. The van der Waals surface area contributed by atoms with Crippen LogP contribution in [0.4, 0.5) is 0 Å². The highest BCUT2D eigenvalue weighted by Crippen LogP contribution is 2.26. The summed E-state index contributed by atoms with van der Waals surface area (Å²) in [6, 6.07) is 22.1. The number of ether oxygens (including phenoxy) is 2. The van der Waals surface area contributed by atoms with Gasteiger partial charge in [-0.2, -0.15) is 0 Å². The van der Waals surface area contributed by atoms with Crippen molar-refractivity contribution < 1.29 is 14.3 Å². The number of para-hydroxylation sites is 2. The molecule has 0 unspecified atom stereocenters. The Morgan fingerprint density at radius 1 is 1.00 bits per heavy atom. The number of hydrogen-bond donors (Lipinski definition) is 1. The normalized spacial score (nSPS) is 11.0. The molecule has 2 heterocycles. The summed E-state index contributed by atoms with van der Waals surface area (Å²) in [5.74, 6) is 1.10. The summed E-state index contributed by atoms with van der Waals surface area (Å²) < 4.78 is 13.7. The van der Waals surface area contributed by atoms with Crippen LogP contribution in [0.3, 0.4) is 0 Å². The molecule has 3 aromatic carbocycles. The largest absolute Gasteiger partial charge is 0.497 e. The minimum Gasteiger partial charge on any atom is -0.497 e. The third-order valence-corrected chi connectivity index (χ3v) is 5.53. The first-order valence-electron chi connectivity index (χ1n) is 11.0. The van der Waals surface area contributed by atoms with Crippen molar-refractivity contribution in [2.45, 2.75) is 20.0 Å². The summed E-state index contributed by atoms with van der Waals surface area (Å²) in [7, 11) is 1.59. The van der Waals surface area contributed by atoms with Gasteiger partial charge in [-0.3, -0.25) is 4.79 Å². The zero-order valence-corrected chi connectivity index (χ0v) is 19.3. The number of methoxy groups -OCH3 is 1. The quantitative estimate of drug-likeness (QED) is 0.392. The summed E-state index contributed by atoms with van der Waals surface area (Å²) in [6.07, 6.45) is 0. The van der Waals surface area contributed by atoms with Crippen LogP contribution in [0.2, 0.25) is 0 Å². The van der Waals surface area contributed by atoms with E-state index < -0.39 is 5.69 Å². The number of aromatic nitrogens is 4. The molecule has 0 atom stereocenters. The van der Waals surface area contributed by atoms with E-state index >= 15 is 0 Å². The molecule has 0 saturated carbocycles. The van der Waals surface area contributed by atoms with Crippen molar-refractivity contribution in [1.29, 1.82) is 0 Å². The van der Waals surface area contributed by atoms with Gasteiger partial charge < -0.3 is 14.8 Å². The highest BCUT2D eigenvalue weighted by molar-refractivity contribution is 5.80. The zero-order valence-electron chi connectivity index (χ0n) is 19.3. The summed E-state index contributed by atoms with van der Waals surface area (Å²) in [6.45, 7) is 2.03. The molecule has 5 rings (SSSR count). The van der Waals surface area contributed by atoms with Gasteiger partial charge in [0.15, 0.2) is 0 Å². The Balaban J connectivity index is 1.46. The van der Waals surface area contributed by atoms with Crippen molar-refractivity contribution in [3.63, 3.8) is 0 Å². The molecule has 0 aliphatic heterocycles. The lowest BCUT2D eigenvalue weighted by atomic mass is 10.2. The molecule has 1 amide bonds. The fourth-order valence-electron chi connectivity index (χ4n) is 3.73. The molecule has 2 aromatic heterocycles. The first kappa shape index (κ1) is 22.1. The molecule has 0 fully saturated rings. The van der Waals surface area contributed by atoms with E-state index in [1.807, 2.05) is 67.6 Å². The second-order valence-corrected chi connectivity index (χ2v) is 8.05. The van der Waals surface area contributed by atoms with Gasteiger partial charge in [0.2, 0.25) is 11.6 Å². The van der Waals surface area contributed by atoms with Crippen LogP contribution in [0.25, 0.3) is 16.7 Å². The lowest BCUT2D eigenvalue weighted by Crippen LogP contribution is -2.32. The summed E-state index contributed by atoms with van der Waals surface area (Å²) in [4.78, 5) is 30.5. The SMILES string of the molecule is COc1cccc(CNC(=O)Cn2nc3c(Oc4ccc(C)cc4)nc4ccccc4n3c2=O)c1. The van der Waals surface area contributed by atoms with Crippen molar-refractivity contribution in [1.82, 2.24) is 24.5 Å². The lowest BCUT2D eigenvalue weighted by Gasteiger charge is -2.07. The van der Waals surface area contributed by atoms with Gasteiger partial charge in [-0.25, -0.2) is 18.9 Å². The minimum atomic E-state index is -0.455. The predicted octanol–water partition coefficient (Wildman–Crippen LogP) is 3.47. The van der Waals surface area contributed by atoms with Crippen LogP contribution in [0.15, 0.2) is 77.6 Å². The van der Waals surface area contributed by atoms with Crippen molar-refractivity contribution in [2.75, 3.05) is 7.11 Å². The fourth-order valence-corrected chi connectivity index (χ4v) is 3.73. The van der Waals surface area contributed by atoms with E-state index in [-0.39, 0.29) is 24.0 Å². The maximum atomic E-state index is 13.3. The van der Waals surface area contributed by atoms with E-state index in [0.717, 1.165) is 15.8 Å². The average molecular weight is 470 g/mol. The standard InChI is InChI=1S/C26H23N5O4/c1-17-10-12-19(13-11-17)35-25-24-29-30(26(33)31(24)22-9-4-3-8-21(22)28-25)16-23(32)27-15-18-6-5-7-20(14-18)34-2/h3-14H,15-16H2,1-2H3,(H,27,32). The predicted molar refractivity (Wildman–Crippen MR) is 131 cm³/mol. The molecule has 176 valence electrons. The Morgan fingerprint density at radius 3 is 2.60 bits per heavy atom. The molecule has 1 N–H and O–H groups in total. The molecule has 9 nitrogen and oxygen atoms in total. The fraction of sp³-hybridized carbons (Fsp3) is 0.154. The summed E-state index contributed by atoms with van der Waals surface area (Å²) in [5, 5.41) is 7.21. The Bertz CT molecular complexity index is 1590. The number of nitrogens with zero attached hydrogens (tertiary/aromatic N) is 4. The van der Waals surface area contributed by atoms with Crippen molar-refractivity contribution in [3.8, 4) is 17.4 Å². The van der Waals surface area contributed by atoms with E-state index in [4.69, 9.17) is 9.47 Å². The Hall–Kier alpha value is -4.66. The van der Waals surface area contributed by atoms with Crippen molar-refractivity contribution in [2.24, 2.45) is 0 Å². The number of carbonyl (C=O) groups is 1. The van der Waals surface area contributed by atoms with Crippen LogP contribution in [0, 0.1) is 6.92 Å². The molecular formula is C26H23N5O4. The van der Waals surface area contributed by atoms with E-state index in [1.165, 1.54) is 4.40 Å². The summed E-state index contributed by atoms with van der Waals surface area (Å²) in [5.41, 5.74) is 2.90. The van der Waals surface area contributed by atoms with Crippen LogP contribution < -0.4 is 20.5 Å². The van der Waals surface area contributed by atoms with Crippen LogP contribution in [0.5, 0.6) is 17.4 Å². The molecule has 0 aliphatic carbocycles. The Morgan fingerprint density at radius 2 is 1.80 bits per heavy atom. The third kappa shape index (κ3) is 4.56. The van der Waals surface area contributed by atoms with Gasteiger partial charge in [0.05, 0.1) is 18.1 Å². The zero-order chi connectivity index (χ0) is 24.4. The van der Waals surface area contributed by atoms with Gasteiger partial charge in [-0.05, 0) is 48.9 Å². The second-order valence-electron chi connectivity index (χ2n) is 8.05. The van der Waals surface area contributed by atoms with Gasteiger partial charge >= 0.3 is 5.69 Å². The van der Waals surface area contributed by atoms with E-state index in [2.05, 4.69) is 15.4 Å². The van der Waals surface area contributed by atoms with Crippen LogP contribution in [-0.4, -0.2) is 32.2 Å². The van der Waals surface area contributed by atoms with Crippen LogP contribution in [-0.2, 0) is 17.9 Å². The van der Waals surface area contributed by atoms with Gasteiger partial charge in [0.1, 0.15) is 18.0 Å². The molecule has 0 aliphatic rings. The van der Waals surface area contributed by atoms with Gasteiger partial charge in [0.25, 0.3) is 5.88 Å². The second kappa shape index (κ2) is 9.30. The van der Waals surface area contributed by atoms with E-state index in [9.17, 15) is 9.59 Å². The number of rotatable bonds is 7. The first-order valence-corrected chi connectivity index (χ1v) is 11.0. The Labute approximate surface area is 200 Å². The first-order chi connectivity index (χ1) is 17.0. The highest BCUT2D eigenvalue weighted by Gasteiger charge is 2.19. The molecule has 9 heteroatoms. The summed E-state index contributed by atoms with van der Waals surface area (Å²) >= 11 is 0. The lowest BCUT2D eigenvalue weighted by molar-refractivity contribution is -0.122. The molecule has 5 aromatic rings. The Kier molecular flexibility index (Phi) is 5.88. The maximum Gasteiger partial charge on any atom is 0.351 e. The molecule has 0 saturated heterocycles. The smallest absolute Gasteiger partial charge is 0.351 e. The monoisotopic (exact) mass is 469 g/mol. The number of fused-ring (bicyclic) bond motifs is 3. The van der Waals surface area contributed by atoms with Crippen molar-refractivity contribution in [3.05, 3.63) is 94.4 Å². The maximum absolute atomic E-state index is 13.3. The number of hydrogen-bond acceptors (Lipinski definition) is 6. The van der Waals surface area contributed by atoms with Crippen molar-refractivity contribution >= 4 is 22.6 Å². The van der Waals surface area contributed by atoms with Gasteiger partial charge in [-0.15, -0.1) is 5.10 Å². The number of benzene rings is 3. The van der Waals surface area contributed by atoms with Gasteiger partial charge in [-0.1, -0.05) is 42.0 Å². The minimum absolute atomic E-state index is 0.181. The number of nitrogens with one attached hydrogen (secondary N) is 1. The average Bonchev–Trinajstić information content (AvgIpc) is 3.20. The molecular weight excluding hydrogens is 446 g/mol. The molecule has 0 spiro atoms. The van der Waals surface area contributed by atoms with E-state index in [1.54, 1.807) is 19.2 Å². The number of amides is 1. The van der Waals surface area contributed by atoms with Gasteiger partial charge in [0, 0.05) is 6.54 Å². The van der Waals surface area contributed by atoms with Crippen LogP contribution in [0.1, 0.15) is 11.1 Å². The molecule has 0 bridgehead atoms. The topological polar surface area (TPSA) is 99.8 Å².